The second kappa shape index (κ2) is 4.84. The number of nitrogens with zero attached hydrogens (tertiary/aromatic N) is 2. The van der Waals surface area contributed by atoms with E-state index >= 15 is 0 Å². The van der Waals surface area contributed by atoms with Crippen LogP contribution in [0.25, 0.3) is 0 Å². The third-order valence-electron chi connectivity index (χ3n) is 3.06. The highest BCUT2D eigenvalue weighted by Crippen LogP contribution is 2.16. The van der Waals surface area contributed by atoms with Gasteiger partial charge in [0.25, 0.3) is 0 Å². The molecule has 0 fully saturated rings. The number of aromatic nitrogens is 2. The minimum Gasteiger partial charge on any atom is -0.466 e. The molecule has 0 spiro atoms. The molecule has 2 heterocycles. The van der Waals surface area contributed by atoms with Gasteiger partial charge in [0.15, 0.2) is 11.6 Å². The van der Waals surface area contributed by atoms with Crippen molar-refractivity contribution < 1.29 is 14.0 Å². The Bertz CT molecular complexity index is 630. The van der Waals surface area contributed by atoms with Crippen LogP contribution in [-0.2, 0) is 7.05 Å². The van der Waals surface area contributed by atoms with Crippen LogP contribution in [0.3, 0.4) is 0 Å². The first-order valence-corrected chi connectivity index (χ1v) is 6.02. The van der Waals surface area contributed by atoms with Crippen molar-refractivity contribution in [3.63, 3.8) is 0 Å². The molecule has 100 valence electrons. The Kier molecular flexibility index (Phi) is 3.38. The third kappa shape index (κ3) is 2.65. The van der Waals surface area contributed by atoms with Crippen LogP contribution >= 0.6 is 0 Å². The number of carbonyl (C=O) groups excluding carboxylic acids is 2. The van der Waals surface area contributed by atoms with Gasteiger partial charge in [-0.3, -0.25) is 14.3 Å². The lowest BCUT2D eigenvalue weighted by Gasteiger charge is -1.97. The van der Waals surface area contributed by atoms with E-state index < -0.39 is 0 Å². The first kappa shape index (κ1) is 13.3. The second-order valence-electron chi connectivity index (χ2n) is 4.64. The molecule has 0 amide bonds. The maximum Gasteiger partial charge on any atom is 0.190 e. The smallest absolute Gasteiger partial charge is 0.190 e. The van der Waals surface area contributed by atoms with Crippen molar-refractivity contribution in [1.29, 1.82) is 0 Å². The van der Waals surface area contributed by atoms with Crippen molar-refractivity contribution in [2.45, 2.75) is 27.2 Å². The highest BCUT2D eigenvalue weighted by atomic mass is 16.3. The molecule has 0 N–H and O–H groups in total. The second-order valence-corrected chi connectivity index (χ2v) is 4.64. The standard InChI is InChI=1S/C14H16N2O3/c1-8-5-12(15-16(8)4)14(18)7-13(17)11-6-9(2)19-10(11)3/h5-6H,7H2,1-4H3. The highest BCUT2D eigenvalue weighted by Gasteiger charge is 2.19. The lowest BCUT2D eigenvalue weighted by molar-refractivity contribution is 0.0890. The topological polar surface area (TPSA) is 65.1 Å². The molecule has 0 aliphatic heterocycles. The molecule has 5 nitrogen and oxygen atoms in total. The van der Waals surface area contributed by atoms with E-state index in [1.54, 1.807) is 37.7 Å². The Morgan fingerprint density at radius 3 is 2.37 bits per heavy atom. The van der Waals surface area contributed by atoms with Crippen molar-refractivity contribution in [2.24, 2.45) is 7.05 Å². The quantitative estimate of drug-likeness (QED) is 0.625. The van der Waals surface area contributed by atoms with Crippen LogP contribution in [0.1, 0.15) is 44.5 Å². The number of carbonyl (C=O) groups is 2. The lowest BCUT2D eigenvalue weighted by Crippen LogP contribution is -2.09. The number of hydrogen-bond donors (Lipinski definition) is 0. The highest BCUT2D eigenvalue weighted by molar-refractivity contribution is 6.13. The predicted molar refractivity (Wildman–Crippen MR) is 69.4 cm³/mol. The maximum absolute atomic E-state index is 12.0. The molecule has 0 saturated carbocycles. The van der Waals surface area contributed by atoms with Gasteiger partial charge in [0, 0.05) is 12.7 Å². The number of ketones is 2. The Labute approximate surface area is 111 Å². The molecule has 0 atom stereocenters. The largest absolute Gasteiger partial charge is 0.466 e. The van der Waals surface area contributed by atoms with Crippen LogP contribution in [0, 0.1) is 20.8 Å². The normalized spacial score (nSPS) is 10.7. The summed E-state index contributed by atoms with van der Waals surface area (Å²) in [4.78, 5) is 24.0. The molecule has 2 aromatic rings. The Morgan fingerprint density at radius 1 is 1.21 bits per heavy atom. The SMILES string of the molecule is Cc1cc(C(=O)CC(=O)c2cc(C)n(C)n2)c(C)o1. The van der Waals surface area contributed by atoms with E-state index in [4.69, 9.17) is 4.42 Å². The van der Waals surface area contributed by atoms with Gasteiger partial charge in [-0.1, -0.05) is 0 Å². The monoisotopic (exact) mass is 260 g/mol. The summed E-state index contributed by atoms with van der Waals surface area (Å²) in [7, 11) is 1.76. The van der Waals surface area contributed by atoms with Crippen molar-refractivity contribution in [3.05, 3.63) is 40.6 Å². The minimum absolute atomic E-state index is 0.184. The van der Waals surface area contributed by atoms with Gasteiger partial charge in [0.1, 0.15) is 17.2 Å². The summed E-state index contributed by atoms with van der Waals surface area (Å²) in [6.45, 7) is 5.35. The Balaban J connectivity index is 2.15. The lowest BCUT2D eigenvalue weighted by atomic mass is 10.1. The van der Waals surface area contributed by atoms with Crippen LogP contribution in [0.2, 0.25) is 0 Å². The van der Waals surface area contributed by atoms with Gasteiger partial charge in [-0.15, -0.1) is 0 Å². The van der Waals surface area contributed by atoms with E-state index in [1.165, 1.54) is 0 Å². The van der Waals surface area contributed by atoms with E-state index in [9.17, 15) is 9.59 Å². The maximum atomic E-state index is 12.0. The summed E-state index contributed by atoms with van der Waals surface area (Å²) in [5.74, 6) is 0.712. The van der Waals surface area contributed by atoms with E-state index in [0.29, 0.717) is 22.8 Å². The number of furan rings is 1. The molecule has 2 aromatic heterocycles. The summed E-state index contributed by atoms with van der Waals surface area (Å²) in [5.41, 5.74) is 1.68. The molecule has 0 aliphatic carbocycles. The average molecular weight is 260 g/mol. The number of aryl methyl sites for hydroxylation is 4. The van der Waals surface area contributed by atoms with Gasteiger partial charge in [0.2, 0.25) is 0 Å². The minimum atomic E-state index is -0.271. The van der Waals surface area contributed by atoms with Gasteiger partial charge in [-0.05, 0) is 32.9 Å². The van der Waals surface area contributed by atoms with E-state index in [-0.39, 0.29) is 18.0 Å². The molecule has 19 heavy (non-hydrogen) atoms. The molecule has 0 radical (unpaired) electrons. The summed E-state index contributed by atoms with van der Waals surface area (Å²) in [6.07, 6.45) is -0.184. The van der Waals surface area contributed by atoms with Crippen LogP contribution in [0.5, 0.6) is 0 Å². The third-order valence-corrected chi connectivity index (χ3v) is 3.06. The summed E-state index contributed by atoms with van der Waals surface area (Å²) in [5, 5.41) is 4.08. The first-order chi connectivity index (χ1) is 8.88. The van der Waals surface area contributed by atoms with Gasteiger partial charge >= 0.3 is 0 Å². The van der Waals surface area contributed by atoms with Crippen molar-refractivity contribution in [2.75, 3.05) is 0 Å². The van der Waals surface area contributed by atoms with E-state index in [2.05, 4.69) is 5.10 Å². The van der Waals surface area contributed by atoms with Crippen molar-refractivity contribution in [3.8, 4) is 0 Å². The summed E-state index contributed by atoms with van der Waals surface area (Å²) < 4.78 is 6.91. The number of hydrogen-bond acceptors (Lipinski definition) is 4. The van der Waals surface area contributed by atoms with Gasteiger partial charge in [0.05, 0.1) is 12.0 Å². The summed E-state index contributed by atoms with van der Waals surface area (Å²) >= 11 is 0. The molecular weight excluding hydrogens is 244 g/mol. The number of Topliss-reactive ketones (excluding diaryl/α,β-unsaturated/α-hetero) is 2. The average Bonchev–Trinajstić information content (AvgIpc) is 2.82. The molecule has 0 aliphatic rings. The predicted octanol–water partition coefficient (Wildman–Crippen LogP) is 2.39. The number of rotatable bonds is 4. The van der Waals surface area contributed by atoms with Crippen LogP contribution in [0.15, 0.2) is 16.5 Å². The van der Waals surface area contributed by atoms with Crippen LogP contribution in [0.4, 0.5) is 0 Å². The fourth-order valence-electron chi connectivity index (χ4n) is 1.94. The fraction of sp³-hybridized carbons (Fsp3) is 0.357. The first-order valence-electron chi connectivity index (χ1n) is 6.02. The Morgan fingerprint density at radius 2 is 1.89 bits per heavy atom. The Hall–Kier alpha value is -2.17. The molecule has 5 heteroatoms. The summed E-state index contributed by atoms with van der Waals surface area (Å²) in [6, 6.07) is 3.34. The van der Waals surface area contributed by atoms with Crippen LogP contribution < -0.4 is 0 Å². The van der Waals surface area contributed by atoms with E-state index in [1.807, 2.05) is 6.92 Å². The van der Waals surface area contributed by atoms with Gasteiger partial charge < -0.3 is 4.42 Å². The molecule has 2 rings (SSSR count). The molecule has 0 saturated heterocycles. The fourth-order valence-corrected chi connectivity index (χ4v) is 1.94. The molecule has 0 unspecified atom stereocenters. The van der Waals surface area contributed by atoms with Gasteiger partial charge in [-0.25, -0.2) is 0 Å². The zero-order valence-electron chi connectivity index (χ0n) is 11.5. The van der Waals surface area contributed by atoms with Crippen LogP contribution in [-0.4, -0.2) is 21.3 Å². The van der Waals surface area contributed by atoms with Crippen molar-refractivity contribution in [1.82, 2.24) is 9.78 Å². The van der Waals surface area contributed by atoms with Gasteiger partial charge in [-0.2, -0.15) is 5.10 Å². The molecule has 0 aromatic carbocycles. The zero-order valence-corrected chi connectivity index (χ0v) is 11.5. The van der Waals surface area contributed by atoms with E-state index in [0.717, 1.165) is 5.69 Å². The zero-order chi connectivity index (χ0) is 14.2. The van der Waals surface area contributed by atoms with Crippen molar-refractivity contribution >= 4 is 11.6 Å². The molecular formula is C14H16N2O3. The molecule has 0 bridgehead atoms.